The van der Waals surface area contributed by atoms with E-state index in [0.717, 1.165) is 17.8 Å². The molecule has 96 valence electrons. The standard InChI is InChI=1S/C14H15ClFNS/c1-2-8-17-14(12-7-4-9-18-12)10-5-3-6-11(15)13(10)16/h3-7,9,14,17H,2,8H2,1H3. The predicted octanol–water partition coefficient (Wildman–Crippen LogP) is 4.63. The minimum atomic E-state index is -0.332. The van der Waals surface area contributed by atoms with Gasteiger partial charge in [-0.15, -0.1) is 11.3 Å². The van der Waals surface area contributed by atoms with E-state index in [9.17, 15) is 4.39 Å². The number of benzene rings is 1. The molecule has 1 nitrogen and oxygen atoms in total. The third kappa shape index (κ3) is 2.91. The first-order valence-corrected chi connectivity index (χ1v) is 7.20. The molecule has 0 bridgehead atoms. The molecule has 0 spiro atoms. The number of hydrogen-bond acceptors (Lipinski definition) is 2. The van der Waals surface area contributed by atoms with Crippen LogP contribution in [0.15, 0.2) is 35.7 Å². The molecule has 0 radical (unpaired) electrons. The molecule has 0 aliphatic heterocycles. The van der Waals surface area contributed by atoms with Crippen molar-refractivity contribution in [3.63, 3.8) is 0 Å². The minimum Gasteiger partial charge on any atom is -0.306 e. The summed E-state index contributed by atoms with van der Waals surface area (Å²) in [5, 5.41) is 5.54. The van der Waals surface area contributed by atoms with Crippen LogP contribution in [0.3, 0.4) is 0 Å². The summed E-state index contributed by atoms with van der Waals surface area (Å²) in [6, 6.07) is 9.01. The highest BCUT2D eigenvalue weighted by atomic mass is 35.5. The maximum absolute atomic E-state index is 14.1. The molecule has 0 amide bonds. The predicted molar refractivity (Wildman–Crippen MR) is 75.9 cm³/mol. The maximum Gasteiger partial charge on any atom is 0.146 e. The number of thiophene rings is 1. The van der Waals surface area contributed by atoms with Crippen LogP contribution in [-0.2, 0) is 0 Å². The van der Waals surface area contributed by atoms with Crippen LogP contribution in [0.1, 0.15) is 29.8 Å². The lowest BCUT2D eigenvalue weighted by molar-refractivity contribution is 0.551. The Morgan fingerprint density at radius 1 is 1.33 bits per heavy atom. The fourth-order valence-corrected chi connectivity index (χ4v) is 2.85. The van der Waals surface area contributed by atoms with Crippen molar-refractivity contribution in [3.05, 3.63) is 57.0 Å². The van der Waals surface area contributed by atoms with E-state index in [2.05, 4.69) is 12.2 Å². The SMILES string of the molecule is CCCNC(c1cccs1)c1cccc(Cl)c1F. The third-order valence-corrected chi connectivity index (χ3v) is 3.95. The van der Waals surface area contributed by atoms with Crippen molar-refractivity contribution in [3.8, 4) is 0 Å². The average Bonchev–Trinajstić information content (AvgIpc) is 2.88. The van der Waals surface area contributed by atoms with Gasteiger partial charge in [0.1, 0.15) is 5.82 Å². The molecule has 0 aliphatic carbocycles. The molecule has 0 fully saturated rings. The fourth-order valence-electron chi connectivity index (χ4n) is 1.85. The van der Waals surface area contributed by atoms with Gasteiger partial charge in [0.25, 0.3) is 0 Å². The van der Waals surface area contributed by atoms with E-state index >= 15 is 0 Å². The first kappa shape index (κ1) is 13.5. The Morgan fingerprint density at radius 2 is 2.17 bits per heavy atom. The van der Waals surface area contributed by atoms with Gasteiger partial charge in [0, 0.05) is 10.4 Å². The van der Waals surface area contributed by atoms with Gasteiger partial charge in [0.2, 0.25) is 0 Å². The van der Waals surface area contributed by atoms with Gasteiger partial charge in [-0.1, -0.05) is 36.7 Å². The highest BCUT2D eigenvalue weighted by Gasteiger charge is 2.19. The second-order valence-corrected chi connectivity index (χ2v) is 5.43. The second-order valence-electron chi connectivity index (χ2n) is 4.05. The van der Waals surface area contributed by atoms with Crippen molar-refractivity contribution in [2.24, 2.45) is 0 Å². The Hall–Kier alpha value is -0.900. The topological polar surface area (TPSA) is 12.0 Å². The lowest BCUT2D eigenvalue weighted by Gasteiger charge is -2.18. The Bertz CT molecular complexity index is 499. The lowest BCUT2D eigenvalue weighted by atomic mass is 10.0. The summed E-state index contributed by atoms with van der Waals surface area (Å²) < 4.78 is 14.1. The molecule has 1 aromatic carbocycles. The van der Waals surface area contributed by atoms with Crippen molar-refractivity contribution < 1.29 is 4.39 Å². The van der Waals surface area contributed by atoms with Crippen molar-refractivity contribution in [2.75, 3.05) is 6.54 Å². The van der Waals surface area contributed by atoms with Crippen LogP contribution in [0.5, 0.6) is 0 Å². The lowest BCUT2D eigenvalue weighted by Crippen LogP contribution is -2.23. The molecule has 0 saturated carbocycles. The van der Waals surface area contributed by atoms with Crippen LogP contribution >= 0.6 is 22.9 Å². The first-order chi connectivity index (χ1) is 8.74. The number of rotatable bonds is 5. The van der Waals surface area contributed by atoms with E-state index in [1.807, 2.05) is 17.5 Å². The zero-order valence-electron chi connectivity index (χ0n) is 10.1. The van der Waals surface area contributed by atoms with E-state index in [1.165, 1.54) is 0 Å². The first-order valence-electron chi connectivity index (χ1n) is 5.94. The Labute approximate surface area is 116 Å². The highest BCUT2D eigenvalue weighted by Crippen LogP contribution is 2.30. The van der Waals surface area contributed by atoms with Crippen molar-refractivity contribution in [2.45, 2.75) is 19.4 Å². The largest absolute Gasteiger partial charge is 0.306 e. The van der Waals surface area contributed by atoms with Gasteiger partial charge in [-0.05, 0) is 30.5 Å². The van der Waals surface area contributed by atoms with E-state index in [-0.39, 0.29) is 16.9 Å². The zero-order valence-corrected chi connectivity index (χ0v) is 11.7. The molecule has 1 heterocycles. The van der Waals surface area contributed by atoms with Crippen LogP contribution in [0, 0.1) is 5.82 Å². The van der Waals surface area contributed by atoms with Crippen LogP contribution in [-0.4, -0.2) is 6.54 Å². The molecule has 1 aromatic heterocycles. The van der Waals surface area contributed by atoms with Crippen molar-refractivity contribution in [1.29, 1.82) is 0 Å². The van der Waals surface area contributed by atoms with Gasteiger partial charge in [0.05, 0.1) is 11.1 Å². The number of hydrogen-bond donors (Lipinski definition) is 1. The highest BCUT2D eigenvalue weighted by molar-refractivity contribution is 7.10. The second kappa shape index (κ2) is 6.32. The molecule has 0 aliphatic rings. The summed E-state index contributed by atoms with van der Waals surface area (Å²) >= 11 is 7.47. The number of halogens is 2. The molecule has 1 unspecified atom stereocenters. The van der Waals surface area contributed by atoms with Crippen molar-refractivity contribution in [1.82, 2.24) is 5.32 Å². The maximum atomic E-state index is 14.1. The van der Waals surface area contributed by atoms with Gasteiger partial charge < -0.3 is 5.32 Å². The Kier molecular flexibility index (Phi) is 4.75. The van der Waals surface area contributed by atoms with E-state index in [4.69, 9.17) is 11.6 Å². The van der Waals surface area contributed by atoms with E-state index < -0.39 is 0 Å². The van der Waals surface area contributed by atoms with Gasteiger partial charge >= 0.3 is 0 Å². The molecule has 1 atom stereocenters. The monoisotopic (exact) mass is 283 g/mol. The summed E-state index contributed by atoms with van der Waals surface area (Å²) in [7, 11) is 0. The number of nitrogens with one attached hydrogen (secondary N) is 1. The van der Waals surface area contributed by atoms with E-state index in [1.54, 1.807) is 29.5 Å². The van der Waals surface area contributed by atoms with Crippen LogP contribution < -0.4 is 5.32 Å². The Morgan fingerprint density at radius 3 is 2.83 bits per heavy atom. The molecule has 4 heteroatoms. The molecular formula is C14H15ClFNS. The van der Waals surface area contributed by atoms with Crippen LogP contribution in [0.2, 0.25) is 5.02 Å². The van der Waals surface area contributed by atoms with Gasteiger partial charge in [-0.2, -0.15) is 0 Å². The zero-order chi connectivity index (χ0) is 13.0. The minimum absolute atomic E-state index is 0.122. The third-order valence-electron chi connectivity index (χ3n) is 2.72. The smallest absolute Gasteiger partial charge is 0.146 e. The van der Waals surface area contributed by atoms with E-state index in [0.29, 0.717) is 5.56 Å². The summed E-state index contributed by atoms with van der Waals surface area (Å²) in [4.78, 5) is 1.10. The van der Waals surface area contributed by atoms with Gasteiger partial charge in [-0.3, -0.25) is 0 Å². The van der Waals surface area contributed by atoms with Crippen LogP contribution in [0.25, 0.3) is 0 Å². The average molecular weight is 284 g/mol. The fraction of sp³-hybridized carbons (Fsp3) is 0.286. The summed E-state index contributed by atoms with van der Waals surface area (Å²) in [6.07, 6.45) is 1.00. The molecule has 0 saturated heterocycles. The van der Waals surface area contributed by atoms with Crippen molar-refractivity contribution >= 4 is 22.9 Å². The quantitative estimate of drug-likeness (QED) is 0.844. The molecule has 1 N–H and O–H groups in total. The molecule has 18 heavy (non-hydrogen) atoms. The van der Waals surface area contributed by atoms with Gasteiger partial charge in [-0.25, -0.2) is 4.39 Å². The summed E-state index contributed by atoms with van der Waals surface area (Å²) in [6.45, 7) is 2.93. The molecule has 2 rings (SSSR count). The molecular weight excluding hydrogens is 269 g/mol. The normalized spacial score (nSPS) is 12.6. The van der Waals surface area contributed by atoms with Gasteiger partial charge in [0.15, 0.2) is 0 Å². The summed E-state index contributed by atoms with van der Waals surface area (Å²) in [5.74, 6) is -0.332. The van der Waals surface area contributed by atoms with Crippen LogP contribution in [0.4, 0.5) is 4.39 Å². The summed E-state index contributed by atoms with van der Waals surface area (Å²) in [5.41, 5.74) is 0.610. The Balaban J connectivity index is 2.37. The molecule has 2 aromatic rings.